The summed E-state index contributed by atoms with van der Waals surface area (Å²) < 4.78 is 7.56. The summed E-state index contributed by atoms with van der Waals surface area (Å²) >= 11 is 0. The molecule has 33 heavy (non-hydrogen) atoms. The minimum Gasteiger partial charge on any atom is -0.507 e. The van der Waals surface area contributed by atoms with Gasteiger partial charge in [-0.3, -0.25) is 9.59 Å². The van der Waals surface area contributed by atoms with E-state index in [-0.39, 0.29) is 11.3 Å². The van der Waals surface area contributed by atoms with Crippen molar-refractivity contribution in [3.05, 3.63) is 70.9 Å². The highest BCUT2D eigenvalue weighted by Gasteiger charge is 2.46. The van der Waals surface area contributed by atoms with Crippen LogP contribution in [0.1, 0.15) is 22.7 Å². The molecule has 1 unspecified atom stereocenters. The first-order valence-corrected chi connectivity index (χ1v) is 11.1. The molecule has 0 radical (unpaired) electrons. The number of hydrogen-bond donors (Lipinski definition) is 1. The minimum atomic E-state index is -0.666. The van der Waals surface area contributed by atoms with Gasteiger partial charge in [0.25, 0.3) is 11.7 Å². The molecule has 1 aromatic heterocycles. The Balaban J connectivity index is 1.70. The Bertz CT molecular complexity index is 1300. The van der Waals surface area contributed by atoms with E-state index in [0.717, 1.165) is 34.2 Å². The lowest BCUT2D eigenvalue weighted by Crippen LogP contribution is -2.35. The van der Waals surface area contributed by atoms with Crippen LogP contribution in [0.15, 0.2) is 54.2 Å². The predicted octanol–water partition coefficient (Wildman–Crippen LogP) is 3.10. The number of aromatic nitrogens is 1. The van der Waals surface area contributed by atoms with Crippen molar-refractivity contribution in [3.8, 4) is 5.75 Å². The Kier molecular flexibility index (Phi) is 5.21. The summed E-state index contributed by atoms with van der Waals surface area (Å²) in [5.74, 6) is -0.585. The van der Waals surface area contributed by atoms with Crippen LogP contribution in [-0.2, 0) is 23.1 Å². The number of para-hydroxylation sites is 1. The predicted molar refractivity (Wildman–Crippen MR) is 126 cm³/mol. The highest BCUT2D eigenvalue weighted by Crippen LogP contribution is 2.42. The Morgan fingerprint density at radius 3 is 2.76 bits per heavy atom. The summed E-state index contributed by atoms with van der Waals surface area (Å²) in [7, 11) is 5.80. The molecule has 0 aliphatic carbocycles. The Labute approximate surface area is 192 Å². The van der Waals surface area contributed by atoms with Gasteiger partial charge in [0.1, 0.15) is 11.5 Å². The van der Waals surface area contributed by atoms with E-state index in [1.165, 1.54) is 0 Å². The third-order valence-corrected chi connectivity index (χ3v) is 6.51. The van der Waals surface area contributed by atoms with E-state index in [1.54, 1.807) is 11.0 Å². The molecule has 3 aromatic rings. The second kappa shape index (κ2) is 8.08. The van der Waals surface area contributed by atoms with Crippen molar-refractivity contribution in [1.29, 1.82) is 0 Å². The summed E-state index contributed by atoms with van der Waals surface area (Å²) in [5.41, 5.74) is 3.48. The quantitative estimate of drug-likeness (QED) is 0.371. The summed E-state index contributed by atoms with van der Waals surface area (Å²) in [5, 5.41) is 12.3. The number of carbonyl (C=O) groups is 2. The van der Waals surface area contributed by atoms with Crippen molar-refractivity contribution >= 4 is 28.4 Å². The van der Waals surface area contributed by atoms with Crippen LogP contribution < -0.4 is 4.74 Å². The zero-order valence-corrected chi connectivity index (χ0v) is 19.0. The summed E-state index contributed by atoms with van der Waals surface area (Å²) in [4.78, 5) is 30.0. The molecule has 0 saturated carbocycles. The first-order chi connectivity index (χ1) is 15.9. The van der Waals surface area contributed by atoms with Crippen LogP contribution >= 0.6 is 0 Å². The highest BCUT2D eigenvalue weighted by atomic mass is 16.5. The SMILES string of the molecule is CN(C)CCN1C(=O)C(=O)/C(=C(/O)c2ccc3c(c2)CCO3)C1c1cn(C)c2ccccc12. The molecule has 1 saturated heterocycles. The maximum atomic E-state index is 13.3. The van der Waals surface area contributed by atoms with Crippen LogP contribution in [0.5, 0.6) is 5.75 Å². The number of aliphatic hydroxyl groups excluding tert-OH is 1. The fourth-order valence-corrected chi connectivity index (χ4v) is 4.82. The lowest BCUT2D eigenvalue weighted by atomic mass is 9.94. The van der Waals surface area contributed by atoms with Gasteiger partial charge in [0.05, 0.1) is 18.2 Å². The average molecular weight is 446 g/mol. The second-order valence-corrected chi connectivity index (χ2v) is 8.93. The van der Waals surface area contributed by atoms with E-state index < -0.39 is 17.7 Å². The van der Waals surface area contributed by atoms with E-state index in [9.17, 15) is 14.7 Å². The van der Waals surface area contributed by atoms with Gasteiger partial charge < -0.3 is 24.2 Å². The number of Topliss-reactive ketones (excluding diaryl/α,β-unsaturated/α-hetero) is 1. The molecule has 1 amide bonds. The number of aryl methyl sites for hydroxylation is 1. The fraction of sp³-hybridized carbons (Fsp3) is 0.308. The molecule has 3 heterocycles. The molecule has 1 N–H and O–H groups in total. The molecule has 2 aromatic carbocycles. The largest absolute Gasteiger partial charge is 0.507 e. The van der Waals surface area contributed by atoms with Crippen molar-refractivity contribution < 1.29 is 19.4 Å². The number of likely N-dealkylation sites (N-methyl/N-ethyl adjacent to an activating group) is 1. The molecule has 2 aliphatic heterocycles. The van der Waals surface area contributed by atoms with Crippen molar-refractivity contribution in [1.82, 2.24) is 14.4 Å². The summed E-state index contributed by atoms with van der Waals surface area (Å²) in [6.45, 7) is 1.58. The number of ether oxygens (including phenoxy) is 1. The molecule has 2 aliphatic rings. The van der Waals surface area contributed by atoms with Crippen LogP contribution in [0.4, 0.5) is 0 Å². The van der Waals surface area contributed by atoms with E-state index in [0.29, 0.717) is 25.3 Å². The summed E-state index contributed by atoms with van der Waals surface area (Å²) in [6.07, 6.45) is 2.70. The maximum Gasteiger partial charge on any atom is 0.295 e. The number of ketones is 1. The number of amides is 1. The Morgan fingerprint density at radius 2 is 1.97 bits per heavy atom. The molecular weight excluding hydrogens is 418 g/mol. The van der Waals surface area contributed by atoms with Crippen molar-refractivity contribution in [2.45, 2.75) is 12.5 Å². The molecule has 7 heteroatoms. The molecule has 7 nitrogen and oxygen atoms in total. The van der Waals surface area contributed by atoms with Gasteiger partial charge in [-0.15, -0.1) is 0 Å². The lowest BCUT2D eigenvalue weighted by Gasteiger charge is -2.26. The molecule has 0 bridgehead atoms. The molecule has 0 spiro atoms. The van der Waals surface area contributed by atoms with E-state index in [2.05, 4.69) is 0 Å². The average Bonchev–Trinajstić information content (AvgIpc) is 3.47. The topological polar surface area (TPSA) is 75.0 Å². The third-order valence-electron chi connectivity index (χ3n) is 6.51. The molecular formula is C26H27N3O4. The number of fused-ring (bicyclic) bond motifs is 2. The van der Waals surface area contributed by atoms with Crippen LogP contribution in [-0.4, -0.2) is 65.0 Å². The Morgan fingerprint density at radius 1 is 1.18 bits per heavy atom. The van der Waals surface area contributed by atoms with E-state index in [1.807, 2.05) is 73.2 Å². The minimum absolute atomic E-state index is 0.133. The number of hydrogen-bond acceptors (Lipinski definition) is 5. The highest BCUT2D eigenvalue weighted by molar-refractivity contribution is 6.46. The molecule has 170 valence electrons. The zero-order chi connectivity index (χ0) is 23.3. The van der Waals surface area contributed by atoms with Crippen LogP contribution in [0.2, 0.25) is 0 Å². The van der Waals surface area contributed by atoms with Crippen molar-refractivity contribution in [3.63, 3.8) is 0 Å². The molecule has 1 fully saturated rings. The van der Waals surface area contributed by atoms with Gasteiger partial charge in [0.2, 0.25) is 0 Å². The smallest absolute Gasteiger partial charge is 0.295 e. The van der Waals surface area contributed by atoms with Gasteiger partial charge in [-0.2, -0.15) is 0 Å². The second-order valence-electron chi connectivity index (χ2n) is 8.93. The number of aliphatic hydroxyl groups is 1. The van der Waals surface area contributed by atoms with Gasteiger partial charge in [0.15, 0.2) is 0 Å². The van der Waals surface area contributed by atoms with Gasteiger partial charge in [-0.05, 0) is 43.9 Å². The van der Waals surface area contributed by atoms with Crippen molar-refractivity contribution in [2.24, 2.45) is 7.05 Å². The van der Waals surface area contributed by atoms with Gasteiger partial charge in [-0.1, -0.05) is 18.2 Å². The fourth-order valence-electron chi connectivity index (χ4n) is 4.82. The van der Waals surface area contributed by atoms with Crippen LogP contribution in [0.25, 0.3) is 16.7 Å². The normalized spacial score (nSPS) is 19.5. The zero-order valence-electron chi connectivity index (χ0n) is 19.0. The van der Waals surface area contributed by atoms with Crippen LogP contribution in [0.3, 0.4) is 0 Å². The third kappa shape index (κ3) is 3.49. The number of nitrogens with zero attached hydrogens (tertiary/aromatic N) is 3. The maximum absolute atomic E-state index is 13.3. The standard InChI is InChI=1S/C26H27N3O4/c1-27(2)11-12-29-23(19-15-28(3)20-7-5-4-6-18(19)20)22(25(31)26(29)32)24(30)17-8-9-21-16(14-17)10-13-33-21/h4-9,14-15,23,30H,10-13H2,1-3H3/b24-22+. The monoisotopic (exact) mass is 445 g/mol. The number of rotatable bonds is 5. The Hall–Kier alpha value is -3.58. The first kappa shape index (κ1) is 21.3. The van der Waals surface area contributed by atoms with Gasteiger partial charge in [0, 0.05) is 54.8 Å². The van der Waals surface area contributed by atoms with Gasteiger partial charge >= 0.3 is 0 Å². The van der Waals surface area contributed by atoms with Crippen molar-refractivity contribution in [2.75, 3.05) is 33.8 Å². The van der Waals surface area contributed by atoms with E-state index in [4.69, 9.17) is 4.74 Å². The first-order valence-electron chi connectivity index (χ1n) is 11.1. The molecule has 5 rings (SSSR count). The number of benzene rings is 2. The number of carbonyl (C=O) groups excluding carboxylic acids is 2. The molecule has 1 atom stereocenters. The lowest BCUT2D eigenvalue weighted by molar-refractivity contribution is -0.140. The van der Waals surface area contributed by atoms with Crippen LogP contribution in [0, 0.1) is 0 Å². The number of likely N-dealkylation sites (tertiary alicyclic amines) is 1. The summed E-state index contributed by atoms with van der Waals surface area (Å²) in [6, 6.07) is 12.6. The van der Waals surface area contributed by atoms with Gasteiger partial charge in [-0.25, -0.2) is 0 Å². The van der Waals surface area contributed by atoms with E-state index >= 15 is 0 Å².